The fourth-order valence-corrected chi connectivity index (χ4v) is 1.32. The first-order chi connectivity index (χ1) is 7.24. The lowest BCUT2D eigenvalue weighted by Crippen LogP contribution is -2.05. The van der Waals surface area contributed by atoms with Crippen LogP contribution in [0.25, 0.3) is 0 Å². The monoisotopic (exact) mass is 244 g/mol. The van der Waals surface area contributed by atoms with Crippen LogP contribution in [0.5, 0.6) is 0 Å². The third-order valence-corrected chi connectivity index (χ3v) is 1.91. The topological polar surface area (TPSA) is 79.4 Å². The molecule has 2 heterocycles. The number of nitrogens with zero attached hydrogens (tertiary/aromatic N) is 4. The summed E-state index contributed by atoms with van der Waals surface area (Å²) in [5, 5.41) is 3.04. The highest BCUT2D eigenvalue weighted by molar-refractivity contribution is 6.31. The fraction of sp³-hybridized carbons (Fsp3) is 0.143. The fourth-order valence-electron chi connectivity index (χ4n) is 0.961. The van der Waals surface area contributed by atoms with E-state index in [1.807, 2.05) is 0 Å². The van der Waals surface area contributed by atoms with E-state index in [4.69, 9.17) is 23.2 Å². The highest BCUT2D eigenvalue weighted by Crippen LogP contribution is 2.09. The van der Waals surface area contributed by atoms with E-state index >= 15 is 0 Å². The van der Waals surface area contributed by atoms with Gasteiger partial charge in [0.1, 0.15) is 0 Å². The molecule has 0 aromatic carbocycles. The van der Waals surface area contributed by atoms with Gasteiger partial charge in [-0.2, -0.15) is 15.0 Å². The van der Waals surface area contributed by atoms with Gasteiger partial charge in [-0.15, -0.1) is 0 Å². The van der Waals surface area contributed by atoms with Crippen LogP contribution in [-0.2, 0) is 6.54 Å². The number of aromatic nitrogens is 5. The molecule has 0 fully saturated rings. The number of halogens is 2. The minimum absolute atomic E-state index is 0.0575. The highest BCUT2D eigenvalue weighted by atomic mass is 35.5. The van der Waals surface area contributed by atoms with Crippen molar-refractivity contribution >= 4 is 29.2 Å². The largest absolute Gasteiger partial charge is 0.348 e. The van der Waals surface area contributed by atoms with Crippen molar-refractivity contribution in [3.05, 3.63) is 28.8 Å². The quantitative estimate of drug-likeness (QED) is 0.856. The van der Waals surface area contributed by atoms with Crippen LogP contribution in [0.2, 0.25) is 10.6 Å². The van der Waals surface area contributed by atoms with E-state index in [-0.39, 0.29) is 10.6 Å². The average Bonchev–Trinajstić information content (AvgIpc) is 2.65. The molecule has 0 aliphatic rings. The number of nitrogens with one attached hydrogen (secondary N) is 2. The van der Waals surface area contributed by atoms with Crippen molar-refractivity contribution in [2.45, 2.75) is 6.54 Å². The number of aromatic amines is 1. The summed E-state index contributed by atoms with van der Waals surface area (Å²) >= 11 is 11.2. The van der Waals surface area contributed by atoms with Crippen molar-refractivity contribution in [1.82, 2.24) is 24.9 Å². The van der Waals surface area contributed by atoms with Gasteiger partial charge in [0.25, 0.3) is 0 Å². The van der Waals surface area contributed by atoms with Gasteiger partial charge in [0.15, 0.2) is 0 Å². The van der Waals surface area contributed by atoms with Crippen LogP contribution < -0.4 is 5.32 Å². The predicted molar refractivity (Wildman–Crippen MR) is 55.8 cm³/mol. The zero-order valence-corrected chi connectivity index (χ0v) is 8.92. The van der Waals surface area contributed by atoms with Gasteiger partial charge in [0, 0.05) is 6.20 Å². The Hall–Kier alpha value is -1.40. The summed E-state index contributed by atoms with van der Waals surface area (Å²) in [4.78, 5) is 18.1. The molecule has 0 aliphatic heterocycles. The number of hydrogen-bond acceptors (Lipinski definition) is 5. The second-order valence-electron chi connectivity index (χ2n) is 2.63. The molecule has 2 rings (SSSR count). The summed E-state index contributed by atoms with van der Waals surface area (Å²) in [7, 11) is 0. The SMILES string of the molecule is Clc1nc(Cl)nc(NCc2cnc[nH]2)n1. The van der Waals surface area contributed by atoms with Crippen LogP contribution in [0.15, 0.2) is 12.5 Å². The van der Waals surface area contributed by atoms with Gasteiger partial charge in [0.05, 0.1) is 18.6 Å². The van der Waals surface area contributed by atoms with E-state index in [1.54, 1.807) is 12.5 Å². The molecular formula is C7H6Cl2N6. The first kappa shape index (κ1) is 10.1. The maximum Gasteiger partial charge on any atom is 0.228 e. The predicted octanol–water partition coefficient (Wildman–Crippen LogP) is 1.51. The normalized spacial score (nSPS) is 10.3. The Morgan fingerprint density at radius 1 is 1.20 bits per heavy atom. The second kappa shape index (κ2) is 4.41. The van der Waals surface area contributed by atoms with Gasteiger partial charge in [-0.05, 0) is 23.2 Å². The third-order valence-electron chi connectivity index (χ3n) is 1.57. The Bertz CT molecular complexity index is 422. The molecule has 0 aliphatic carbocycles. The summed E-state index contributed by atoms with van der Waals surface area (Å²) in [5.74, 6) is 0.328. The van der Waals surface area contributed by atoms with Crippen LogP contribution in [0, 0.1) is 0 Å². The molecule has 0 saturated heterocycles. The van der Waals surface area contributed by atoms with Crippen molar-refractivity contribution in [3.63, 3.8) is 0 Å². The van der Waals surface area contributed by atoms with Gasteiger partial charge < -0.3 is 10.3 Å². The summed E-state index contributed by atoms with van der Waals surface area (Å²) in [6, 6.07) is 0. The van der Waals surface area contributed by atoms with Crippen LogP contribution in [0.4, 0.5) is 5.95 Å². The molecule has 2 aromatic rings. The molecule has 0 spiro atoms. The minimum atomic E-state index is 0.0575. The smallest absolute Gasteiger partial charge is 0.228 e. The first-order valence-corrected chi connectivity index (χ1v) is 4.78. The van der Waals surface area contributed by atoms with Crippen LogP contribution >= 0.6 is 23.2 Å². The standard InChI is InChI=1S/C7H6Cl2N6/c8-5-13-6(9)15-7(14-5)11-2-4-1-10-3-12-4/h1,3H,2H2,(H,10,12)(H,11,13,14,15). The van der Waals surface area contributed by atoms with Gasteiger partial charge in [0.2, 0.25) is 16.5 Å². The number of rotatable bonds is 3. The van der Waals surface area contributed by atoms with E-state index in [1.165, 1.54) is 0 Å². The summed E-state index contributed by atoms with van der Waals surface area (Å²) in [6.45, 7) is 0.511. The first-order valence-electron chi connectivity index (χ1n) is 4.02. The van der Waals surface area contributed by atoms with Crippen LogP contribution in [-0.4, -0.2) is 24.9 Å². The van der Waals surface area contributed by atoms with Crippen molar-refractivity contribution in [2.24, 2.45) is 0 Å². The van der Waals surface area contributed by atoms with E-state index in [9.17, 15) is 0 Å². The number of anilines is 1. The Morgan fingerprint density at radius 3 is 2.53 bits per heavy atom. The van der Waals surface area contributed by atoms with Crippen molar-refractivity contribution < 1.29 is 0 Å². The van der Waals surface area contributed by atoms with Crippen molar-refractivity contribution in [1.29, 1.82) is 0 Å². The molecule has 15 heavy (non-hydrogen) atoms. The molecule has 8 heteroatoms. The molecule has 0 amide bonds. The molecule has 6 nitrogen and oxygen atoms in total. The molecule has 0 bridgehead atoms. The number of hydrogen-bond donors (Lipinski definition) is 2. The summed E-state index contributed by atoms with van der Waals surface area (Å²) in [6.07, 6.45) is 3.28. The van der Waals surface area contributed by atoms with E-state index < -0.39 is 0 Å². The van der Waals surface area contributed by atoms with E-state index in [0.29, 0.717) is 12.5 Å². The Morgan fingerprint density at radius 2 is 1.93 bits per heavy atom. The number of H-pyrrole nitrogens is 1. The van der Waals surface area contributed by atoms with Crippen molar-refractivity contribution in [2.75, 3.05) is 5.32 Å². The Balaban J connectivity index is 2.05. The molecule has 2 N–H and O–H groups in total. The van der Waals surface area contributed by atoms with E-state index in [0.717, 1.165) is 5.69 Å². The average molecular weight is 245 g/mol. The minimum Gasteiger partial charge on any atom is -0.348 e. The highest BCUT2D eigenvalue weighted by Gasteiger charge is 2.02. The number of imidazole rings is 1. The van der Waals surface area contributed by atoms with Crippen LogP contribution in [0.3, 0.4) is 0 Å². The molecule has 0 unspecified atom stereocenters. The second-order valence-corrected chi connectivity index (χ2v) is 3.30. The van der Waals surface area contributed by atoms with Gasteiger partial charge >= 0.3 is 0 Å². The Labute approximate surface area is 95.1 Å². The third kappa shape index (κ3) is 2.77. The maximum atomic E-state index is 5.60. The molecule has 2 aromatic heterocycles. The van der Waals surface area contributed by atoms with E-state index in [2.05, 4.69) is 30.2 Å². The van der Waals surface area contributed by atoms with Gasteiger partial charge in [-0.1, -0.05) is 0 Å². The van der Waals surface area contributed by atoms with Gasteiger partial charge in [-0.3, -0.25) is 0 Å². The lowest BCUT2D eigenvalue weighted by atomic mass is 10.5. The van der Waals surface area contributed by atoms with Crippen LogP contribution in [0.1, 0.15) is 5.69 Å². The summed E-state index contributed by atoms with van der Waals surface area (Å²) < 4.78 is 0. The van der Waals surface area contributed by atoms with Crippen molar-refractivity contribution in [3.8, 4) is 0 Å². The summed E-state index contributed by atoms with van der Waals surface area (Å²) in [5.41, 5.74) is 0.905. The maximum absolute atomic E-state index is 5.60. The molecule has 0 radical (unpaired) electrons. The molecule has 78 valence electrons. The lowest BCUT2D eigenvalue weighted by molar-refractivity contribution is 0.983. The Kier molecular flexibility index (Phi) is 2.98. The van der Waals surface area contributed by atoms with Gasteiger partial charge in [-0.25, -0.2) is 4.98 Å². The lowest BCUT2D eigenvalue weighted by Gasteiger charge is -2.02. The molecule has 0 saturated carbocycles. The zero-order chi connectivity index (χ0) is 10.7. The zero-order valence-electron chi connectivity index (χ0n) is 7.41. The molecule has 0 atom stereocenters. The molecular weight excluding hydrogens is 239 g/mol.